The third kappa shape index (κ3) is 4.18. The second-order valence-corrected chi connectivity index (χ2v) is 6.56. The summed E-state index contributed by atoms with van der Waals surface area (Å²) >= 11 is 6.25. The van der Waals surface area contributed by atoms with Crippen molar-refractivity contribution < 1.29 is 9.18 Å². The molecule has 7 heteroatoms. The molecule has 1 amide bonds. The first-order valence-corrected chi connectivity index (χ1v) is 8.83. The summed E-state index contributed by atoms with van der Waals surface area (Å²) in [6, 6.07) is 11.3. The second-order valence-electron chi connectivity index (χ2n) is 6.15. The van der Waals surface area contributed by atoms with Crippen LogP contribution in [0.25, 0.3) is 16.6 Å². The molecule has 3 aromatic rings. The number of halogens is 2. The molecule has 0 aliphatic heterocycles. The summed E-state index contributed by atoms with van der Waals surface area (Å²) in [5, 5.41) is 3.80. The van der Waals surface area contributed by atoms with Gasteiger partial charge < -0.3 is 11.1 Å². The van der Waals surface area contributed by atoms with Crippen LogP contribution in [-0.4, -0.2) is 23.8 Å². The Morgan fingerprint density at radius 2 is 2.04 bits per heavy atom. The molecule has 0 aliphatic rings. The van der Waals surface area contributed by atoms with Crippen LogP contribution in [-0.2, 0) is 0 Å². The molecule has 3 N–H and O–H groups in total. The average Bonchev–Trinajstić information content (AvgIpc) is 2.68. The van der Waals surface area contributed by atoms with E-state index in [-0.39, 0.29) is 17.1 Å². The minimum Gasteiger partial charge on any atom is -0.398 e. The summed E-state index contributed by atoms with van der Waals surface area (Å²) in [7, 11) is 1.52. The maximum Gasteiger partial charge on any atom is 0.258 e. The van der Waals surface area contributed by atoms with E-state index in [1.807, 2.05) is 13.0 Å². The molecule has 0 aliphatic carbocycles. The summed E-state index contributed by atoms with van der Waals surface area (Å²) in [5.41, 5.74) is 8.62. The molecule has 0 bridgehead atoms. The van der Waals surface area contributed by atoms with E-state index in [0.29, 0.717) is 16.1 Å². The van der Waals surface area contributed by atoms with Crippen LogP contribution in [0.1, 0.15) is 21.5 Å². The van der Waals surface area contributed by atoms with E-state index in [1.165, 1.54) is 25.3 Å². The van der Waals surface area contributed by atoms with E-state index >= 15 is 0 Å². The van der Waals surface area contributed by atoms with Crippen LogP contribution in [0.3, 0.4) is 0 Å². The number of fused-ring (bicyclic) bond motifs is 1. The average molecular weight is 397 g/mol. The van der Waals surface area contributed by atoms with Gasteiger partial charge in [-0.3, -0.25) is 14.8 Å². The molecular formula is C21H18ClFN4O. The highest BCUT2D eigenvalue weighted by molar-refractivity contribution is 6.35. The van der Waals surface area contributed by atoms with Crippen molar-refractivity contribution in [1.29, 1.82) is 0 Å². The zero-order valence-electron chi connectivity index (χ0n) is 15.3. The number of pyridine rings is 1. The van der Waals surface area contributed by atoms with Gasteiger partial charge in [-0.05, 0) is 42.8 Å². The number of benzene rings is 2. The number of nitrogens with two attached hydrogens (primary N) is 1. The summed E-state index contributed by atoms with van der Waals surface area (Å²) in [6.07, 6.45) is 3.12. The smallest absolute Gasteiger partial charge is 0.258 e. The topological polar surface area (TPSA) is 80.4 Å². The van der Waals surface area contributed by atoms with Gasteiger partial charge in [-0.15, -0.1) is 0 Å². The first-order chi connectivity index (χ1) is 13.4. The van der Waals surface area contributed by atoms with Gasteiger partial charge in [-0.25, -0.2) is 4.39 Å². The third-order valence-electron chi connectivity index (χ3n) is 4.22. The van der Waals surface area contributed by atoms with E-state index in [9.17, 15) is 9.18 Å². The van der Waals surface area contributed by atoms with Crippen molar-refractivity contribution in [1.82, 2.24) is 10.3 Å². The fourth-order valence-electron chi connectivity index (χ4n) is 2.74. The second kappa shape index (κ2) is 8.19. The minimum atomic E-state index is -0.446. The first kappa shape index (κ1) is 19.5. The molecule has 142 valence electrons. The van der Waals surface area contributed by atoms with Crippen molar-refractivity contribution in [2.45, 2.75) is 6.92 Å². The number of amides is 1. The van der Waals surface area contributed by atoms with Crippen LogP contribution in [0.15, 0.2) is 59.7 Å². The number of nitrogens with one attached hydrogen (secondary N) is 1. The Morgan fingerprint density at radius 3 is 2.79 bits per heavy atom. The standard InChI is InChI=1S/C21H18ClFN4O/c1-12-5-6-14(23)9-15(12)18(24)11-20(25-2)27-21(28)16-10-19-13(8-17(16)22)4-3-7-26-19/h3-11H,24H2,1-2H3,(H,25,27,28). The maximum absolute atomic E-state index is 13.5. The molecule has 28 heavy (non-hydrogen) atoms. The molecule has 0 fully saturated rings. The fraction of sp³-hybridized carbons (Fsp3) is 0.0952. The molecule has 1 aromatic heterocycles. The maximum atomic E-state index is 13.5. The Balaban J connectivity index is 1.88. The number of aliphatic imine (C=N–C) groups is 1. The van der Waals surface area contributed by atoms with E-state index < -0.39 is 11.7 Å². The van der Waals surface area contributed by atoms with Gasteiger partial charge in [0.2, 0.25) is 0 Å². The number of carbonyl (C=O) groups excluding carboxylic acids is 1. The van der Waals surface area contributed by atoms with Crippen LogP contribution >= 0.6 is 11.6 Å². The molecule has 0 saturated carbocycles. The summed E-state index contributed by atoms with van der Waals surface area (Å²) < 4.78 is 13.5. The molecular weight excluding hydrogens is 379 g/mol. The van der Waals surface area contributed by atoms with Crippen LogP contribution in [0.4, 0.5) is 4.39 Å². The van der Waals surface area contributed by atoms with Crippen molar-refractivity contribution in [3.05, 3.63) is 82.3 Å². The SMILES string of the molecule is CN=C(C=C(N)c1cc(F)ccc1C)NC(=O)c1cc2ncccc2cc1Cl. The van der Waals surface area contributed by atoms with Crippen LogP contribution in [0, 0.1) is 12.7 Å². The quantitative estimate of drug-likeness (QED) is 0.516. The van der Waals surface area contributed by atoms with Gasteiger partial charge >= 0.3 is 0 Å². The molecule has 2 aromatic carbocycles. The fourth-order valence-corrected chi connectivity index (χ4v) is 2.99. The monoisotopic (exact) mass is 396 g/mol. The number of hydrogen-bond acceptors (Lipinski definition) is 4. The summed E-state index contributed by atoms with van der Waals surface area (Å²) in [5.74, 6) is -0.618. The highest BCUT2D eigenvalue weighted by atomic mass is 35.5. The lowest BCUT2D eigenvalue weighted by molar-refractivity contribution is 0.0977. The number of aryl methyl sites for hydroxylation is 1. The Hall–Kier alpha value is -3.25. The molecule has 1 heterocycles. The largest absolute Gasteiger partial charge is 0.398 e. The molecule has 0 spiro atoms. The molecule has 5 nitrogen and oxygen atoms in total. The summed E-state index contributed by atoms with van der Waals surface area (Å²) in [6.45, 7) is 1.82. The van der Waals surface area contributed by atoms with Gasteiger partial charge in [0.25, 0.3) is 5.91 Å². The van der Waals surface area contributed by atoms with Crippen LogP contribution < -0.4 is 11.1 Å². The zero-order chi connectivity index (χ0) is 20.3. The van der Waals surface area contributed by atoms with Crippen molar-refractivity contribution >= 4 is 39.9 Å². The Labute approximate surface area is 166 Å². The van der Waals surface area contributed by atoms with Gasteiger partial charge in [-0.1, -0.05) is 23.7 Å². The van der Waals surface area contributed by atoms with E-state index in [1.54, 1.807) is 30.5 Å². The van der Waals surface area contributed by atoms with Gasteiger partial charge in [-0.2, -0.15) is 0 Å². The molecule has 0 radical (unpaired) electrons. The van der Waals surface area contributed by atoms with E-state index in [0.717, 1.165) is 10.9 Å². The first-order valence-electron chi connectivity index (χ1n) is 8.45. The van der Waals surface area contributed by atoms with Crippen molar-refractivity contribution in [3.8, 4) is 0 Å². The minimum absolute atomic E-state index is 0.225. The number of nitrogens with zero attached hydrogens (tertiary/aromatic N) is 2. The molecule has 3 rings (SSSR count). The summed E-state index contributed by atoms with van der Waals surface area (Å²) in [4.78, 5) is 21.0. The Morgan fingerprint density at radius 1 is 1.25 bits per heavy atom. The lowest BCUT2D eigenvalue weighted by atomic mass is 10.1. The van der Waals surface area contributed by atoms with Crippen molar-refractivity contribution in [3.63, 3.8) is 0 Å². The Kier molecular flexibility index (Phi) is 5.70. The number of carbonyl (C=O) groups is 1. The van der Waals surface area contributed by atoms with Gasteiger partial charge in [0.1, 0.15) is 11.7 Å². The normalized spacial score (nSPS) is 12.3. The number of aromatic nitrogens is 1. The third-order valence-corrected chi connectivity index (χ3v) is 4.53. The van der Waals surface area contributed by atoms with Crippen LogP contribution in [0.2, 0.25) is 5.02 Å². The molecule has 0 unspecified atom stereocenters. The van der Waals surface area contributed by atoms with Gasteiger partial charge in [0, 0.05) is 36.0 Å². The zero-order valence-corrected chi connectivity index (χ0v) is 16.1. The number of amidine groups is 1. The van der Waals surface area contributed by atoms with Crippen molar-refractivity contribution in [2.24, 2.45) is 10.7 Å². The highest BCUT2D eigenvalue weighted by Crippen LogP contribution is 2.23. The highest BCUT2D eigenvalue weighted by Gasteiger charge is 2.14. The van der Waals surface area contributed by atoms with E-state index in [4.69, 9.17) is 17.3 Å². The molecule has 0 atom stereocenters. The van der Waals surface area contributed by atoms with Gasteiger partial charge in [0.05, 0.1) is 16.1 Å². The van der Waals surface area contributed by atoms with Crippen molar-refractivity contribution in [2.75, 3.05) is 7.05 Å². The van der Waals surface area contributed by atoms with Crippen LogP contribution in [0.5, 0.6) is 0 Å². The Bertz CT molecular complexity index is 1120. The molecule has 0 saturated heterocycles. The lowest BCUT2D eigenvalue weighted by Crippen LogP contribution is -2.30. The number of hydrogen-bond donors (Lipinski definition) is 2. The predicted molar refractivity (Wildman–Crippen MR) is 111 cm³/mol. The van der Waals surface area contributed by atoms with E-state index in [2.05, 4.69) is 15.3 Å². The lowest BCUT2D eigenvalue weighted by Gasteiger charge is -2.10. The predicted octanol–water partition coefficient (Wildman–Crippen LogP) is 4.09. The number of rotatable bonds is 3. The van der Waals surface area contributed by atoms with Gasteiger partial charge in [0.15, 0.2) is 0 Å².